The number of hydrogen-bond donors (Lipinski definition) is 1. The molecule has 0 heterocycles. The first-order valence-electron chi connectivity index (χ1n) is 2.29. The fraction of sp³-hybridized carbons (Fsp3) is 0.167. The quantitative estimate of drug-likeness (QED) is 0.607. The van der Waals surface area contributed by atoms with Crippen LogP contribution in [0.15, 0.2) is 24.3 Å². The Morgan fingerprint density at radius 3 is 2.33 bits per heavy atom. The Morgan fingerprint density at radius 2 is 2.00 bits per heavy atom. The van der Waals surface area contributed by atoms with Crippen molar-refractivity contribution in [3.63, 3.8) is 0 Å². The van der Waals surface area contributed by atoms with Crippen LogP contribution in [0.25, 0.3) is 0 Å². The van der Waals surface area contributed by atoms with E-state index >= 15 is 0 Å². The predicted octanol–water partition coefficient (Wildman–Crippen LogP) is 1.20. The van der Waals surface area contributed by atoms with E-state index < -0.39 is 5.97 Å². The molecule has 0 radical (unpaired) electrons. The van der Waals surface area contributed by atoms with E-state index in [0.29, 0.717) is 0 Å². The Balaban J connectivity index is 0. The summed E-state index contributed by atoms with van der Waals surface area (Å²) in [6.07, 6.45) is 5.98. The molecule has 0 aromatic rings. The van der Waals surface area contributed by atoms with Gasteiger partial charge >= 0.3 is 5.97 Å². The minimum Gasteiger partial charge on any atom is -0.478 e. The molecule has 54 valence electrons. The molecule has 0 saturated carbocycles. The second kappa shape index (κ2) is 8.22. The van der Waals surface area contributed by atoms with Crippen LogP contribution < -0.4 is 0 Å². The fourth-order valence-corrected chi connectivity index (χ4v) is 0.249. The van der Waals surface area contributed by atoms with Crippen molar-refractivity contribution in [1.82, 2.24) is 0 Å². The average molecular weight is 275 g/mol. The SMILES string of the molecule is C/C=C/C=C/C(=O)O.[Dy]. The van der Waals surface area contributed by atoms with Crippen molar-refractivity contribution in [3.8, 4) is 0 Å². The average Bonchev–Trinajstić information content (AvgIpc) is 1.66. The van der Waals surface area contributed by atoms with Gasteiger partial charge in [0, 0.05) is 44.2 Å². The van der Waals surface area contributed by atoms with E-state index in [2.05, 4.69) is 0 Å². The van der Waals surface area contributed by atoms with Gasteiger partial charge in [0.25, 0.3) is 0 Å². The molecule has 0 aliphatic rings. The first-order valence-corrected chi connectivity index (χ1v) is 2.29. The summed E-state index contributed by atoms with van der Waals surface area (Å²) < 4.78 is 0. The van der Waals surface area contributed by atoms with E-state index in [0.717, 1.165) is 6.08 Å². The molecule has 0 unspecified atom stereocenters. The second-order valence-electron chi connectivity index (χ2n) is 1.22. The fourth-order valence-electron chi connectivity index (χ4n) is 0.249. The van der Waals surface area contributed by atoms with Crippen molar-refractivity contribution in [2.45, 2.75) is 6.92 Å². The molecule has 0 rings (SSSR count). The van der Waals surface area contributed by atoms with Gasteiger partial charge in [0.2, 0.25) is 0 Å². The van der Waals surface area contributed by atoms with Crippen molar-refractivity contribution in [2.24, 2.45) is 0 Å². The molecule has 0 aliphatic carbocycles. The van der Waals surface area contributed by atoms with Crippen LogP contribution in [0, 0.1) is 38.2 Å². The van der Waals surface area contributed by atoms with Gasteiger partial charge in [0.1, 0.15) is 0 Å². The minimum absolute atomic E-state index is 0. The van der Waals surface area contributed by atoms with Crippen molar-refractivity contribution in [1.29, 1.82) is 0 Å². The second-order valence-corrected chi connectivity index (χ2v) is 1.22. The number of carbonyl (C=O) groups is 1. The van der Waals surface area contributed by atoms with Gasteiger partial charge in [0.05, 0.1) is 0 Å². The molecule has 1 N–H and O–H groups in total. The summed E-state index contributed by atoms with van der Waals surface area (Å²) in [6, 6.07) is 0. The maximum Gasteiger partial charge on any atom is 0.328 e. The number of hydrogen-bond acceptors (Lipinski definition) is 1. The first kappa shape index (κ1) is 12.0. The first-order chi connectivity index (χ1) is 3.77. The maximum atomic E-state index is 9.75. The smallest absolute Gasteiger partial charge is 0.328 e. The summed E-state index contributed by atoms with van der Waals surface area (Å²) in [5.41, 5.74) is 0. The number of carboxylic acid groups (broad SMARTS) is 1. The van der Waals surface area contributed by atoms with Crippen LogP contribution in [0.4, 0.5) is 0 Å². The Morgan fingerprint density at radius 1 is 1.44 bits per heavy atom. The third-order valence-corrected chi connectivity index (χ3v) is 0.542. The van der Waals surface area contributed by atoms with Crippen molar-refractivity contribution in [3.05, 3.63) is 24.3 Å². The Bertz CT molecular complexity index is 127. The molecule has 3 heteroatoms. The molecule has 0 fully saturated rings. The molecule has 0 atom stereocenters. The summed E-state index contributed by atoms with van der Waals surface area (Å²) in [4.78, 5) is 9.75. The normalized spacial score (nSPS) is 9.89. The van der Waals surface area contributed by atoms with Gasteiger partial charge < -0.3 is 5.11 Å². The van der Waals surface area contributed by atoms with E-state index in [1.165, 1.54) is 6.08 Å². The van der Waals surface area contributed by atoms with E-state index in [1.54, 1.807) is 12.2 Å². The number of allylic oxidation sites excluding steroid dienone is 3. The zero-order valence-electron chi connectivity index (χ0n) is 4.98. The maximum absolute atomic E-state index is 9.75. The van der Waals surface area contributed by atoms with Gasteiger partial charge in [-0.15, -0.1) is 0 Å². The van der Waals surface area contributed by atoms with Gasteiger partial charge in [-0.3, -0.25) is 0 Å². The summed E-state index contributed by atoms with van der Waals surface area (Å²) in [5.74, 6) is -0.914. The van der Waals surface area contributed by atoms with Gasteiger partial charge in [-0.05, 0) is 6.92 Å². The van der Waals surface area contributed by atoms with E-state index in [9.17, 15) is 4.79 Å². The van der Waals surface area contributed by atoms with Crippen LogP contribution in [0.3, 0.4) is 0 Å². The van der Waals surface area contributed by atoms with Gasteiger partial charge in [-0.2, -0.15) is 0 Å². The third-order valence-electron chi connectivity index (χ3n) is 0.542. The Labute approximate surface area is 84.7 Å². The number of carboxylic acids is 1. The monoisotopic (exact) mass is 276 g/mol. The van der Waals surface area contributed by atoms with Gasteiger partial charge in [-0.1, -0.05) is 18.2 Å². The van der Waals surface area contributed by atoms with E-state index in [4.69, 9.17) is 5.11 Å². The van der Waals surface area contributed by atoms with Crippen molar-refractivity contribution in [2.75, 3.05) is 0 Å². The molecule has 0 aromatic carbocycles. The molecular weight excluding hydrogens is 267 g/mol. The summed E-state index contributed by atoms with van der Waals surface area (Å²) in [7, 11) is 0. The number of rotatable bonds is 2. The van der Waals surface area contributed by atoms with Crippen LogP contribution in [0.1, 0.15) is 6.92 Å². The number of aliphatic carboxylic acids is 1. The largest absolute Gasteiger partial charge is 0.478 e. The Kier molecular flexibility index (Phi) is 10.9. The third kappa shape index (κ3) is 11.7. The molecule has 0 saturated heterocycles. The standard InChI is InChI=1S/C6H8O2.Dy/c1-2-3-4-5-6(7)8;/h2-5H,1H3,(H,7,8);/b3-2+,5-4+;. The molecule has 9 heavy (non-hydrogen) atoms. The summed E-state index contributed by atoms with van der Waals surface area (Å²) in [6.45, 7) is 1.83. The molecule has 0 spiro atoms. The van der Waals surface area contributed by atoms with Crippen LogP contribution in [0.2, 0.25) is 0 Å². The molecule has 0 aliphatic heterocycles. The molecule has 2 nitrogen and oxygen atoms in total. The molecule has 0 bridgehead atoms. The molecular formula is C6H8DyO2. The van der Waals surface area contributed by atoms with Crippen molar-refractivity contribution < 1.29 is 48.1 Å². The van der Waals surface area contributed by atoms with Gasteiger partial charge in [0.15, 0.2) is 0 Å². The van der Waals surface area contributed by atoms with Crippen LogP contribution >= 0.6 is 0 Å². The van der Waals surface area contributed by atoms with E-state index in [-0.39, 0.29) is 38.2 Å². The minimum atomic E-state index is -0.914. The van der Waals surface area contributed by atoms with Crippen LogP contribution in [-0.4, -0.2) is 11.1 Å². The molecule has 0 amide bonds. The van der Waals surface area contributed by atoms with E-state index in [1.807, 2.05) is 6.92 Å². The van der Waals surface area contributed by atoms with Crippen molar-refractivity contribution >= 4 is 5.97 Å². The Hall–Kier alpha value is 0.223. The topological polar surface area (TPSA) is 37.3 Å². The predicted molar refractivity (Wildman–Crippen MR) is 31.6 cm³/mol. The summed E-state index contributed by atoms with van der Waals surface area (Å²) >= 11 is 0. The zero-order valence-corrected chi connectivity index (χ0v) is 7.01. The van der Waals surface area contributed by atoms with Crippen LogP contribution in [-0.2, 0) is 4.79 Å². The zero-order chi connectivity index (χ0) is 6.41. The van der Waals surface area contributed by atoms with Gasteiger partial charge in [-0.25, -0.2) is 4.79 Å². The van der Waals surface area contributed by atoms with Crippen LogP contribution in [0.5, 0.6) is 0 Å². The summed E-state index contributed by atoms with van der Waals surface area (Å²) in [5, 5.41) is 8.02. The molecule has 0 aromatic heterocycles.